The van der Waals surface area contributed by atoms with Crippen LogP contribution in [0.15, 0.2) is 85.0 Å². The molecule has 33 nitrogen and oxygen atoms in total. The average molecular weight is 1430 g/mol. The molecule has 550 valence electrons. The zero-order valence-electron chi connectivity index (χ0n) is 56.3. The van der Waals surface area contributed by atoms with E-state index in [2.05, 4.69) is 13.2 Å². The molecular weight excluding hydrogens is 1350 g/mol. The van der Waals surface area contributed by atoms with Gasteiger partial charge >= 0.3 is 30.1 Å². The summed E-state index contributed by atoms with van der Waals surface area (Å²) in [7, 11) is 3.74. The van der Waals surface area contributed by atoms with Crippen molar-refractivity contribution in [3.05, 3.63) is 118 Å². The standard InChI is InChI=1S/C69H80N4O29/c1-31-18-41-60(83)72(67(90)97-29-33-12-14-44(37(20-33)43(74)26-69(3,4)5)99-65-54(79)50(75)52(77)56(101-65)62(85)86)39-24-48(46(92-6)22-35(39)58(81)70(41)27-31)95-16-10-9-11-17-96-49-25-40-36(23-47(49)93-7)59(82)71-28-32(2)19-42(71)61(84)73(40)68(91)98-30-34-13-15-45(38(21-34)64(89)94-8)100-66-55(80)51(76)53(78)57(102-66)63(87)88/h12-15,20-25,41-42,50-57,60-61,65-66,75-80,83-84H,1-2,9-11,16-19,26-30H2,3-8H3,(H,85,86)(H,87,88)/t41-,42-,50-,51-,52-,53-,54+,55+,56-,57-,60?,61?,65+,66+/m0/s1. The first-order valence-electron chi connectivity index (χ1n) is 32.3. The number of unbranched alkanes of at least 4 members (excludes halogenated alkanes) is 2. The number of esters is 1. The monoisotopic (exact) mass is 1430 g/mol. The number of carboxylic acid groups (broad SMARTS) is 2. The highest BCUT2D eigenvalue weighted by Crippen LogP contribution is 2.45. The maximum atomic E-state index is 14.5. The number of Topliss-reactive ketones (excluding diaryl/α,β-unsaturated/α-hetero) is 1. The first-order valence-corrected chi connectivity index (χ1v) is 32.3. The number of fused-ring (bicyclic) bond motifs is 4. The van der Waals surface area contributed by atoms with Crippen LogP contribution in [0.2, 0.25) is 0 Å². The number of ether oxygens (including phenoxy) is 11. The Kier molecular flexibility index (Phi) is 22.7. The topological polar surface area (TPSA) is 453 Å². The summed E-state index contributed by atoms with van der Waals surface area (Å²) in [6, 6.07) is 11.3. The Balaban J connectivity index is 0.821. The molecule has 10 rings (SSSR count). The summed E-state index contributed by atoms with van der Waals surface area (Å²) in [4.78, 5) is 113. The Morgan fingerprint density at radius 2 is 0.941 bits per heavy atom. The van der Waals surface area contributed by atoms with Crippen molar-refractivity contribution in [3.8, 4) is 34.5 Å². The third-order valence-corrected chi connectivity index (χ3v) is 17.9. The van der Waals surface area contributed by atoms with Crippen LogP contribution in [0, 0.1) is 5.41 Å². The number of amides is 4. The van der Waals surface area contributed by atoms with Crippen molar-refractivity contribution in [1.82, 2.24) is 9.80 Å². The zero-order valence-corrected chi connectivity index (χ0v) is 56.3. The number of methoxy groups -OCH3 is 3. The second-order valence-corrected chi connectivity index (χ2v) is 26.4. The molecule has 0 spiro atoms. The van der Waals surface area contributed by atoms with Gasteiger partial charge in [-0.05, 0) is 85.0 Å². The van der Waals surface area contributed by atoms with E-state index in [1.807, 2.05) is 0 Å². The van der Waals surface area contributed by atoms with E-state index in [9.17, 15) is 89.4 Å². The largest absolute Gasteiger partial charge is 0.493 e. The minimum atomic E-state index is -2.03. The normalized spacial score (nSPS) is 26.1. The number of nitrogens with zero attached hydrogens (tertiary/aromatic N) is 4. The lowest BCUT2D eigenvalue weighted by atomic mass is 9.87. The van der Waals surface area contributed by atoms with Crippen molar-refractivity contribution in [2.45, 2.75) is 158 Å². The van der Waals surface area contributed by atoms with Gasteiger partial charge in [0.05, 0.1) is 74.7 Å². The quantitative estimate of drug-likeness (QED) is 0.0168. The molecule has 4 fully saturated rings. The number of benzene rings is 4. The molecular formula is C69H80N4O29. The Morgan fingerprint density at radius 1 is 0.529 bits per heavy atom. The molecule has 4 amide bonds. The second kappa shape index (κ2) is 30.9. The molecule has 0 aromatic heterocycles. The molecule has 0 saturated carbocycles. The van der Waals surface area contributed by atoms with E-state index in [4.69, 9.17) is 52.1 Å². The fourth-order valence-corrected chi connectivity index (χ4v) is 12.7. The van der Waals surface area contributed by atoms with Crippen LogP contribution in [0.5, 0.6) is 34.5 Å². The van der Waals surface area contributed by atoms with E-state index >= 15 is 0 Å². The molecule has 10 N–H and O–H groups in total. The van der Waals surface area contributed by atoms with E-state index in [1.165, 1.54) is 84.7 Å². The third kappa shape index (κ3) is 15.5. The Hall–Kier alpha value is -9.68. The van der Waals surface area contributed by atoms with E-state index in [0.717, 1.165) is 16.9 Å². The van der Waals surface area contributed by atoms with Crippen molar-refractivity contribution < 1.29 is 142 Å². The molecule has 2 unspecified atom stereocenters. The average Bonchev–Trinajstić information content (AvgIpc) is 1.59. The summed E-state index contributed by atoms with van der Waals surface area (Å²) in [5, 5.41) is 106. The first kappa shape index (κ1) is 75.0. The van der Waals surface area contributed by atoms with Gasteiger partial charge < -0.3 is 113 Å². The number of rotatable bonds is 23. The van der Waals surface area contributed by atoms with E-state index in [-0.39, 0.29) is 125 Å². The molecule has 4 saturated heterocycles. The molecule has 0 bridgehead atoms. The van der Waals surface area contributed by atoms with Gasteiger partial charge in [0.15, 0.2) is 53.4 Å². The number of aliphatic hydroxyl groups is 8. The predicted octanol–water partition coefficient (Wildman–Crippen LogP) is 2.77. The van der Waals surface area contributed by atoms with Gasteiger partial charge in [0.1, 0.15) is 66.9 Å². The number of carboxylic acids is 2. The summed E-state index contributed by atoms with van der Waals surface area (Å²) in [5.74, 6) is -6.14. The maximum Gasteiger partial charge on any atom is 0.416 e. The first-order chi connectivity index (χ1) is 48.3. The number of carbonyl (C=O) groups is 8. The number of anilines is 2. The number of ketones is 1. The lowest BCUT2D eigenvalue weighted by Crippen LogP contribution is -2.61. The fourth-order valence-electron chi connectivity index (χ4n) is 12.7. The van der Waals surface area contributed by atoms with Gasteiger partial charge in [-0.1, -0.05) is 57.2 Å². The molecule has 6 aliphatic rings. The van der Waals surface area contributed by atoms with Gasteiger partial charge in [0.25, 0.3) is 11.8 Å². The van der Waals surface area contributed by atoms with Gasteiger partial charge in [-0.2, -0.15) is 0 Å². The number of hydrogen-bond donors (Lipinski definition) is 10. The summed E-state index contributed by atoms with van der Waals surface area (Å²) in [6.45, 7) is 12.5. The minimum absolute atomic E-state index is 0.0303. The molecule has 102 heavy (non-hydrogen) atoms. The molecule has 4 aromatic carbocycles. The van der Waals surface area contributed by atoms with Crippen molar-refractivity contribution in [1.29, 1.82) is 0 Å². The molecule has 6 heterocycles. The van der Waals surface area contributed by atoms with Crippen molar-refractivity contribution in [3.63, 3.8) is 0 Å². The second-order valence-electron chi connectivity index (χ2n) is 26.4. The van der Waals surface area contributed by atoms with Gasteiger partial charge in [-0.3, -0.25) is 14.4 Å². The number of carbonyl (C=O) groups excluding carboxylic acids is 6. The Morgan fingerprint density at radius 3 is 1.33 bits per heavy atom. The molecule has 0 aliphatic carbocycles. The lowest BCUT2D eigenvalue weighted by molar-refractivity contribution is -0.271. The summed E-state index contributed by atoms with van der Waals surface area (Å²) in [5.41, 5.74) is 0.237. The van der Waals surface area contributed by atoms with E-state index in [1.54, 1.807) is 20.8 Å². The number of aliphatic hydroxyl groups excluding tert-OH is 8. The predicted molar refractivity (Wildman–Crippen MR) is 348 cm³/mol. The van der Waals surface area contributed by atoms with E-state index < -0.39 is 152 Å². The molecule has 6 aliphatic heterocycles. The van der Waals surface area contributed by atoms with Crippen LogP contribution >= 0.6 is 0 Å². The Labute approximate surface area is 582 Å². The lowest BCUT2D eigenvalue weighted by Gasteiger charge is -2.38. The van der Waals surface area contributed by atoms with Gasteiger partial charge in [-0.15, -0.1) is 0 Å². The van der Waals surface area contributed by atoms with Crippen LogP contribution in [0.4, 0.5) is 21.0 Å². The minimum Gasteiger partial charge on any atom is -0.493 e. The van der Waals surface area contributed by atoms with Gasteiger partial charge in [0.2, 0.25) is 12.6 Å². The van der Waals surface area contributed by atoms with Crippen LogP contribution in [-0.2, 0) is 46.5 Å². The molecule has 14 atom stereocenters. The van der Waals surface area contributed by atoms with Crippen LogP contribution in [0.3, 0.4) is 0 Å². The van der Waals surface area contributed by atoms with Crippen molar-refractivity contribution >= 4 is 59.1 Å². The third-order valence-electron chi connectivity index (χ3n) is 17.9. The van der Waals surface area contributed by atoms with Gasteiger partial charge in [0, 0.05) is 31.6 Å². The molecule has 4 aromatic rings. The summed E-state index contributed by atoms with van der Waals surface area (Å²) < 4.78 is 62.3. The zero-order chi connectivity index (χ0) is 74.1. The van der Waals surface area contributed by atoms with Crippen molar-refractivity contribution in [2.75, 3.05) is 57.4 Å². The van der Waals surface area contributed by atoms with Crippen LogP contribution in [0.1, 0.15) is 112 Å². The van der Waals surface area contributed by atoms with Gasteiger partial charge in [-0.25, -0.2) is 33.8 Å². The maximum absolute atomic E-state index is 14.5. The Bertz CT molecular complexity index is 3930. The molecule has 33 heteroatoms. The SMILES string of the molecule is C=C1C[C@H]2C(O)N(C(=O)OCc3ccc(O[C@@H]4O[C@H](C(=O)O)[C@@H](O)[C@H](O)[C@H]4O)c(C(=O)CC(C)(C)C)c3)c3cc(OCCCCCOc4cc5c(cc4OC)C(=O)N4CC(=C)C[C@H]4C(O)N5C(=O)OCc4ccc(O[C@@H]5O[C@H](C(=O)O)[C@@H](O)[C@H](O)[C@H]5O)c(C(=O)OC)c4)c(OC)cc3C(=O)N2C1. The smallest absolute Gasteiger partial charge is 0.416 e. The number of aliphatic carboxylic acids is 2. The number of hydrogen-bond acceptors (Lipinski definition) is 27. The summed E-state index contributed by atoms with van der Waals surface area (Å²) >= 11 is 0. The molecule has 0 radical (unpaired) electrons. The highest BCUT2D eigenvalue weighted by atomic mass is 16.7. The van der Waals surface area contributed by atoms with Crippen molar-refractivity contribution in [2.24, 2.45) is 5.41 Å². The highest BCUT2D eigenvalue weighted by Gasteiger charge is 2.52. The van der Waals surface area contributed by atoms with Crippen LogP contribution in [0.25, 0.3) is 0 Å². The summed E-state index contributed by atoms with van der Waals surface area (Å²) in [6.07, 6.45) is -24.0. The van der Waals surface area contributed by atoms with Crippen LogP contribution in [-0.4, -0.2) is 242 Å². The fraction of sp³-hybridized carbons (Fsp3) is 0.478. The highest BCUT2D eigenvalue weighted by molar-refractivity contribution is 6.07. The van der Waals surface area contributed by atoms with Crippen LogP contribution < -0.4 is 38.2 Å². The van der Waals surface area contributed by atoms with E-state index in [0.29, 0.717) is 30.4 Å².